The molecule has 0 fully saturated rings. The lowest BCUT2D eigenvalue weighted by molar-refractivity contribution is -0.137. The molecule has 39 heavy (non-hydrogen) atoms. The summed E-state index contributed by atoms with van der Waals surface area (Å²) in [6, 6.07) is 10.5. The van der Waals surface area contributed by atoms with Gasteiger partial charge in [0, 0.05) is 14.1 Å². The Morgan fingerprint density at radius 3 is 1.59 bits per heavy atom. The highest BCUT2D eigenvalue weighted by Crippen LogP contribution is 2.27. The van der Waals surface area contributed by atoms with E-state index in [2.05, 4.69) is 10.9 Å². The van der Waals surface area contributed by atoms with Crippen molar-refractivity contribution in [2.24, 2.45) is 5.92 Å². The van der Waals surface area contributed by atoms with Gasteiger partial charge < -0.3 is 18.9 Å². The minimum atomic E-state index is -1.07. The predicted molar refractivity (Wildman–Crippen MR) is 157 cm³/mol. The Morgan fingerprint density at radius 1 is 0.769 bits per heavy atom. The molecule has 0 radical (unpaired) electrons. The van der Waals surface area contributed by atoms with Gasteiger partial charge in [-0.2, -0.15) is 0 Å². The fourth-order valence-corrected chi connectivity index (χ4v) is 3.84. The Morgan fingerprint density at radius 2 is 1.18 bits per heavy atom. The summed E-state index contributed by atoms with van der Waals surface area (Å²) in [6.07, 6.45) is 0. The number of carbonyl (C=O) groups is 2. The minimum absolute atomic E-state index is 0.283. The first kappa shape index (κ1) is 31.6. The molecular weight excluding hydrogens is 540 g/mol. The maximum atomic E-state index is 12.9. The first-order chi connectivity index (χ1) is 18.6. The van der Waals surface area contributed by atoms with Crippen LogP contribution in [0.4, 0.5) is 0 Å². The van der Waals surface area contributed by atoms with Gasteiger partial charge in [-0.05, 0) is 64.1 Å². The van der Waals surface area contributed by atoms with Gasteiger partial charge in [0.1, 0.15) is 38.9 Å². The second kappa shape index (κ2) is 15.1. The van der Waals surface area contributed by atoms with Crippen LogP contribution < -0.4 is 29.8 Å². The van der Waals surface area contributed by atoms with Crippen LogP contribution in [0.25, 0.3) is 0 Å². The van der Waals surface area contributed by atoms with E-state index in [0.29, 0.717) is 58.9 Å². The molecule has 0 aliphatic rings. The van der Waals surface area contributed by atoms with Crippen molar-refractivity contribution >= 4 is 46.2 Å². The number of hydrogen-bond acceptors (Lipinski definition) is 8. The topological polar surface area (TPSA) is 102 Å². The summed E-state index contributed by atoms with van der Waals surface area (Å²) in [5.41, 5.74) is 6.45. The van der Waals surface area contributed by atoms with Crippen LogP contribution in [0.3, 0.4) is 0 Å². The van der Waals surface area contributed by atoms with Gasteiger partial charge in [-0.15, -0.1) is 0 Å². The van der Waals surface area contributed by atoms with E-state index in [9.17, 15) is 9.59 Å². The SMILES string of the molecule is CCOc1ccc(OC)c(C(=S)N(C)NC(=O)C(C)C(=O)NN(C)C(=S)c2cc(OCC)ccc2OCC)c1. The van der Waals surface area contributed by atoms with Crippen LogP contribution in [0.5, 0.6) is 23.0 Å². The Kier molecular flexibility index (Phi) is 12.2. The molecular formula is C27H36N4O6S2. The molecule has 0 aliphatic carbocycles. The average Bonchev–Trinajstić information content (AvgIpc) is 2.92. The van der Waals surface area contributed by atoms with Gasteiger partial charge in [-0.1, -0.05) is 24.4 Å². The van der Waals surface area contributed by atoms with E-state index in [4.69, 9.17) is 43.4 Å². The van der Waals surface area contributed by atoms with Crippen LogP contribution in [0.1, 0.15) is 38.8 Å². The van der Waals surface area contributed by atoms with Crippen molar-refractivity contribution in [3.05, 3.63) is 47.5 Å². The highest BCUT2D eigenvalue weighted by Gasteiger charge is 2.26. The van der Waals surface area contributed by atoms with Gasteiger partial charge in [0.2, 0.25) is 0 Å². The zero-order valence-corrected chi connectivity index (χ0v) is 25.0. The molecule has 10 nitrogen and oxygen atoms in total. The standard InChI is InChI=1S/C27H36N4O6S2/c1-8-35-18-11-13-22(34-7)20(15-18)26(38)30(5)28-24(32)17(4)25(33)29-31(6)27(39)21-16-19(36-9-2)12-14-23(21)37-10-3/h11-17H,8-10H2,1-7H3,(H,28,32)(H,29,33). The second-order valence-corrected chi connectivity index (χ2v) is 8.99. The Labute approximate surface area is 240 Å². The zero-order chi connectivity index (χ0) is 29.1. The molecule has 0 saturated carbocycles. The van der Waals surface area contributed by atoms with E-state index in [1.165, 1.54) is 24.1 Å². The maximum Gasteiger partial charge on any atom is 0.250 e. The molecule has 2 aromatic rings. The molecule has 1 unspecified atom stereocenters. The molecule has 0 heterocycles. The van der Waals surface area contributed by atoms with Gasteiger partial charge in [0.15, 0.2) is 0 Å². The highest BCUT2D eigenvalue weighted by atomic mass is 32.1. The molecule has 0 aliphatic heterocycles. The van der Waals surface area contributed by atoms with Crippen LogP contribution in [0, 0.1) is 5.92 Å². The number of rotatable bonds is 11. The summed E-state index contributed by atoms with van der Waals surface area (Å²) in [6.45, 7) is 8.52. The average molecular weight is 577 g/mol. The number of ether oxygens (including phenoxy) is 4. The molecule has 0 spiro atoms. The van der Waals surface area contributed by atoms with Crippen LogP contribution in [0.2, 0.25) is 0 Å². The summed E-state index contributed by atoms with van der Waals surface area (Å²) < 4.78 is 22.2. The number of nitrogens with zero attached hydrogens (tertiary/aromatic N) is 2. The van der Waals surface area contributed by atoms with Gasteiger partial charge in [0.05, 0.1) is 38.1 Å². The molecule has 2 aromatic carbocycles. The lowest BCUT2D eigenvalue weighted by Gasteiger charge is -2.26. The largest absolute Gasteiger partial charge is 0.496 e. The monoisotopic (exact) mass is 576 g/mol. The first-order valence-electron chi connectivity index (χ1n) is 12.4. The normalized spacial score (nSPS) is 11.1. The van der Waals surface area contributed by atoms with Gasteiger partial charge in [0.25, 0.3) is 11.8 Å². The van der Waals surface area contributed by atoms with Crippen LogP contribution in [-0.2, 0) is 9.59 Å². The van der Waals surface area contributed by atoms with Crippen molar-refractivity contribution < 1.29 is 28.5 Å². The Hall–Kier alpha value is -3.64. The molecule has 0 aromatic heterocycles. The Bertz CT molecular complexity index is 1190. The third-order valence-corrected chi connectivity index (χ3v) is 6.44. The molecule has 2 rings (SSSR count). The lowest BCUT2D eigenvalue weighted by Crippen LogP contribution is -2.51. The van der Waals surface area contributed by atoms with E-state index < -0.39 is 17.7 Å². The zero-order valence-electron chi connectivity index (χ0n) is 23.3. The smallest absolute Gasteiger partial charge is 0.250 e. The molecule has 0 bridgehead atoms. The third-order valence-electron chi connectivity index (χ3n) is 5.46. The predicted octanol–water partition coefficient (Wildman–Crippen LogP) is 3.50. The molecule has 2 N–H and O–H groups in total. The lowest BCUT2D eigenvalue weighted by atomic mass is 10.1. The first-order valence-corrected chi connectivity index (χ1v) is 13.3. The van der Waals surface area contributed by atoms with E-state index in [1.807, 2.05) is 20.8 Å². The minimum Gasteiger partial charge on any atom is -0.496 e. The fraction of sp³-hybridized carbons (Fsp3) is 0.407. The number of amides is 2. The van der Waals surface area contributed by atoms with Crippen molar-refractivity contribution in [3.63, 3.8) is 0 Å². The van der Waals surface area contributed by atoms with Crippen LogP contribution in [-0.4, -0.2) is 72.8 Å². The number of nitrogens with one attached hydrogen (secondary N) is 2. The van der Waals surface area contributed by atoms with Crippen molar-refractivity contribution in [3.8, 4) is 23.0 Å². The van der Waals surface area contributed by atoms with Gasteiger partial charge in [-0.25, -0.2) is 0 Å². The van der Waals surface area contributed by atoms with Crippen molar-refractivity contribution in [1.82, 2.24) is 20.9 Å². The second-order valence-electron chi connectivity index (χ2n) is 8.22. The quantitative estimate of drug-likeness (QED) is 0.235. The fourth-order valence-electron chi connectivity index (χ4n) is 3.43. The van der Waals surface area contributed by atoms with E-state index in [1.54, 1.807) is 50.5 Å². The third kappa shape index (κ3) is 8.42. The number of hydrazine groups is 2. The summed E-state index contributed by atoms with van der Waals surface area (Å²) in [7, 11) is 4.70. The van der Waals surface area contributed by atoms with Gasteiger partial charge >= 0.3 is 0 Å². The van der Waals surface area contributed by atoms with Crippen molar-refractivity contribution in [2.45, 2.75) is 27.7 Å². The van der Waals surface area contributed by atoms with Crippen molar-refractivity contribution in [1.29, 1.82) is 0 Å². The number of carbonyl (C=O) groups excluding carboxylic acids is 2. The highest BCUT2D eigenvalue weighted by molar-refractivity contribution is 7.81. The number of thiocarbonyl (C=S) groups is 2. The van der Waals surface area contributed by atoms with E-state index in [-0.39, 0.29) is 4.99 Å². The van der Waals surface area contributed by atoms with Crippen LogP contribution >= 0.6 is 24.4 Å². The molecule has 1 atom stereocenters. The van der Waals surface area contributed by atoms with Crippen LogP contribution in [0.15, 0.2) is 36.4 Å². The van der Waals surface area contributed by atoms with E-state index in [0.717, 1.165) is 0 Å². The molecule has 212 valence electrons. The van der Waals surface area contributed by atoms with Crippen molar-refractivity contribution in [2.75, 3.05) is 41.0 Å². The summed E-state index contributed by atoms with van der Waals surface area (Å²) in [5.74, 6) is 0.103. The Balaban J connectivity index is 2.09. The summed E-state index contributed by atoms with van der Waals surface area (Å²) >= 11 is 11.2. The van der Waals surface area contributed by atoms with Gasteiger partial charge in [-0.3, -0.25) is 30.5 Å². The number of benzene rings is 2. The number of hydrogen-bond donors (Lipinski definition) is 2. The molecule has 12 heteroatoms. The maximum absolute atomic E-state index is 12.9. The molecule has 2 amide bonds. The van der Waals surface area contributed by atoms with E-state index >= 15 is 0 Å². The molecule has 0 saturated heterocycles. The number of methoxy groups -OCH3 is 1. The summed E-state index contributed by atoms with van der Waals surface area (Å²) in [5, 5.41) is 2.73. The summed E-state index contributed by atoms with van der Waals surface area (Å²) in [4.78, 5) is 26.4.